The third-order valence-electron chi connectivity index (χ3n) is 6.06. The minimum Gasteiger partial charge on any atom is -0.379 e. The number of morpholine rings is 1. The molecule has 1 aliphatic heterocycles. The summed E-state index contributed by atoms with van der Waals surface area (Å²) in [4.78, 5) is 29.0. The zero-order chi connectivity index (χ0) is 22.1. The Morgan fingerprint density at radius 1 is 1.06 bits per heavy atom. The van der Waals surface area contributed by atoms with E-state index in [0.29, 0.717) is 26.3 Å². The van der Waals surface area contributed by atoms with Crippen molar-refractivity contribution in [3.63, 3.8) is 0 Å². The number of nitrogens with zero attached hydrogens (tertiary/aromatic N) is 2. The second-order valence-electron chi connectivity index (χ2n) is 8.47. The van der Waals surface area contributed by atoms with E-state index >= 15 is 0 Å². The van der Waals surface area contributed by atoms with Crippen LogP contribution in [-0.4, -0.2) is 70.2 Å². The molecule has 2 N–H and O–H groups in total. The number of allylic oxidation sites excluding steroid dienone is 1. The van der Waals surface area contributed by atoms with Crippen LogP contribution in [0.1, 0.15) is 43.7 Å². The fourth-order valence-corrected chi connectivity index (χ4v) is 4.16. The summed E-state index contributed by atoms with van der Waals surface area (Å²) < 4.78 is 5.49. The maximum Gasteiger partial charge on any atom is 0.309 e. The highest BCUT2D eigenvalue weighted by molar-refractivity contribution is 6.35. The number of anilines is 1. The van der Waals surface area contributed by atoms with Crippen molar-refractivity contribution in [2.24, 2.45) is 0 Å². The molecule has 7 nitrogen and oxygen atoms in total. The molecule has 0 spiro atoms. The molecule has 170 valence electrons. The molecule has 1 aromatic carbocycles. The van der Waals surface area contributed by atoms with Crippen LogP contribution < -0.4 is 15.5 Å². The van der Waals surface area contributed by atoms with Crippen LogP contribution in [0.4, 0.5) is 5.69 Å². The van der Waals surface area contributed by atoms with Crippen LogP contribution >= 0.6 is 0 Å². The molecule has 1 atom stereocenters. The lowest BCUT2D eigenvalue weighted by atomic mass is 9.97. The minimum atomic E-state index is -0.569. The van der Waals surface area contributed by atoms with Gasteiger partial charge < -0.3 is 20.3 Å². The normalized spacial score (nSPS) is 18.1. The summed E-state index contributed by atoms with van der Waals surface area (Å²) in [5.74, 6) is -1.12. The van der Waals surface area contributed by atoms with Gasteiger partial charge in [-0.3, -0.25) is 14.5 Å². The highest BCUT2D eigenvalue weighted by Crippen LogP contribution is 2.24. The largest absolute Gasteiger partial charge is 0.379 e. The number of hydrogen-bond acceptors (Lipinski definition) is 5. The summed E-state index contributed by atoms with van der Waals surface area (Å²) in [7, 11) is 4.02. The SMILES string of the molecule is CN(C)c1ccc([C@@H](CNC(=O)C(=O)NCCC2=CCCCC2)N2CCOCC2)cc1. The monoisotopic (exact) mass is 428 g/mol. The fourth-order valence-electron chi connectivity index (χ4n) is 4.16. The predicted molar refractivity (Wildman–Crippen MR) is 123 cm³/mol. The van der Waals surface area contributed by atoms with E-state index in [4.69, 9.17) is 4.74 Å². The van der Waals surface area contributed by atoms with Gasteiger partial charge in [-0.1, -0.05) is 23.8 Å². The molecule has 7 heteroatoms. The molecule has 0 bridgehead atoms. The van der Waals surface area contributed by atoms with Crippen LogP contribution in [0.5, 0.6) is 0 Å². The van der Waals surface area contributed by atoms with E-state index in [1.54, 1.807) is 0 Å². The third-order valence-corrected chi connectivity index (χ3v) is 6.06. The van der Waals surface area contributed by atoms with E-state index in [1.165, 1.54) is 18.4 Å². The lowest BCUT2D eigenvalue weighted by molar-refractivity contribution is -0.139. The second-order valence-corrected chi connectivity index (χ2v) is 8.47. The molecule has 0 aromatic heterocycles. The molecule has 1 aromatic rings. The maximum absolute atomic E-state index is 12.4. The third kappa shape index (κ3) is 7.08. The van der Waals surface area contributed by atoms with E-state index < -0.39 is 11.8 Å². The summed E-state index contributed by atoms with van der Waals surface area (Å²) in [5.41, 5.74) is 3.64. The van der Waals surface area contributed by atoms with Gasteiger partial charge in [0.05, 0.1) is 19.3 Å². The quantitative estimate of drug-likeness (QED) is 0.491. The van der Waals surface area contributed by atoms with E-state index in [2.05, 4.69) is 50.8 Å². The smallest absolute Gasteiger partial charge is 0.309 e. The van der Waals surface area contributed by atoms with Crippen LogP contribution in [0.15, 0.2) is 35.9 Å². The van der Waals surface area contributed by atoms with Gasteiger partial charge in [-0.05, 0) is 49.8 Å². The van der Waals surface area contributed by atoms with E-state index in [0.717, 1.165) is 43.6 Å². The van der Waals surface area contributed by atoms with E-state index in [1.807, 2.05) is 14.1 Å². The maximum atomic E-state index is 12.4. The van der Waals surface area contributed by atoms with Crippen molar-refractivity contribution in [2.75, 3.05) is 58.4 Å². The van der Waals surface area contributed by atoms with Crippen molar-refractivity contribution in [3.05, 3.63) is 41.5 Å². The first kappa shape index (κ1) is 23.3. The number of hydrogen-bond donors (Lipinski definition) is 2. The Kier molecular flexibility index (Phi) is 8.91. The molecule has 31 heavy (non-hydrogen) atoms. The summed E-state index contributed by atoms with van der Waals surface area (Å²) >= 11 is 0. The van der Waals surface area contributed by atoms with Crippen molar-refractivity contribution in [1.82, 2.24) is 15.5 Å². The average Bonchev–Trinajstić information content (AvgIpc) is 2.80. The predicted octanol–water partition coefficient (Wildman–Crippen LogP) is 2.25. The van der Waals surface area contributed by atoms with Crippen LogP contribution in [0.25, 0.3) is 0 Å². The molecule has 1 heterocycles. The van der Waals surface area contributed by atoms with Gasteiger partial charge in [0, 0.05) is 46.0 Å². The highest BCUT2D eigenvalue weighted by atomic mass is 16.5. The van der Waals surface area contributed by atoms with Crippen LogP contribution in [0.3, 0.4) is 0 Å². The van der Waals surface area contributed by atoms with Crippen molar-refractivity contribution in [1.29, 1.82) is 0 Å². The average molecular weight is 429 g/mol. The van der Waals surface area contributed by atoms with Crippen LogP contribution in [0, 0.1) is 0 Å². The molecular weight excluding hydrogens is 392 g/mol. The van der Waals surface area contributed by atoms with Crippen molar-refractivity contribution in [3.8, 4) is 0 Å². The Hall–Kier alpha value is -2.38. The lowest BCUT2D eigenvalue weighted by Gasteiger charge is -2.35. The van der Waals surface area contributed by atoms with Gasteiger partial charge in [0.2, 0.25) is 0 Å². The van der Waals surface area contributed by atoms with Gasteiger partial charge >= 0.3 is 11.8 Å². The van der Waals surface area contributed by atoms with E-state index in [-0.39, 0.29) is 6.04 Å². The molecule has 1 aliphatic carbocycles. The molecule has 1 saturated heterocycles. The Morgan fingerprint density at radius 3 is 2.42 bits per heavy atom. The lowest BCUT2D eigenvalue weighted by Crippen LogP contribution is -2.46. The first-order chi connectivity index (χ1) is 15.0. The van der Waals surface area contributed by atoms with Crippen LogP contribution in [-0.2, 0) is 14.3 Å². The van der Waals surface area contributed by atoms with Crippen molar-refractivity contribution >= 4 is 17.5 Å². The van der Waals surface area contributed by atoms with Gasteiger partial charge in [0.15, 0.2) is 0 Å². The molecule has 0 saturated carbocycles. The summed E-state index contributed by atoms with van der Waals surface area (Å²) in [6.45, 7) is 3.86. The van der Waals surface area contributed by atoms with E-state index in [9.17, 15) is 9.59 Å². The molecular formula is C24H36N4O3. The van der Waals surface area contributed by atoms with Gasteiger partial charge in [0.1, 0.15) is 0 Å². The zero-order valence-corrected chi connectivity index (χ0v) is 18.9. The molecule has 2 amide bonds. The Morgan fingerprint density at radius 2 is 1.77 bits per heavy atom. The highest BCUT2D eigenvalue weighted by Gasteiger charge is 2.24. The summed E-state index contributed by atoms with van der Waals surface area (Å²) in [5, 5.41) is 5.61. The number of rotatable bonds is 8. The number of nitrogens with one attached hydrogen (secondary N) is 2. The molecule has 3 rings (SSSR count). The van der Waals surface area contributed by atoms with Gasteiger partial charge in [-0.25, -0.2) is 0 Å². The Labute approximate surface area is 185 Å². The topological polar surface area (TPSA) is 73.9 Å². The number of carbonyl (C=O) groups is 2. The molecule has 0 radical (unpaired) electrons. The first-order valence-corrected chi connectivity index (χ1v) is 11.4. The van der Waals surface area contributed by atoms with Crippen LogP contribution in [0.2, 0.25) is 0 Å². The van der Waals surface area contributed by atoms with Crippen molar-refractivity contribution < 1.29 is 14.3 Å². The van der Waals surface area contributed by atoms with Gasteiger partial charge in [-0.2, -0.15) is 0 Å². The Balaban J connectivity index is 1.54. The Bertz CT molecular complexity index is 755. The standard InChI is InChI=1S/C24H36N4O3/c1-27(2)21-10-8-20(9-11-21)22(28-14-16-31-17-15-28)18-26-24(30)23(29)25-13-12-19-6-4-3-5-7-19/h6,8-11,22H,3-5,7,12-18H2,1-2H3,(H,25,29)(H,26,30)/t22-/m1/s1. The van der Waals surface area contributed by atoms with Gasteiger partial charge in [-0.15, -0.1) is 0 Å². The molecule has 0 unspecified atom stereocenters. The van der Waals surface area contributed by atoms with Crippen molar-refractivity contribution in [2.45, 2.75) is 38.1 Å². The molecule has 2 aliphatic rings. The first-order valence-electron chi connectivity index (χ1n) is 11.4. The number of amides is 2. The number of carbonyl (C=O) groups excluding carboxylic acids is 2. The summed E-state index contributed by atoms with van der Waals surface area (Å²) in [6, 6.07) is 8.36. The molecule has 1 fully saturated rings. The zero-order valence-electron chi connectivity index (χ0n) is 18.9. The second kappa shape index (κ2) is 11.9. The van der Waals surface area contributed by atoms with Gasteiger partial charge in [0.25, 0.3) is 0 Å². The minimum absolute atomic E-state index is 0.00394. The number of benzene rings is 1. The fraction of sp³-hybridized carbons (Fsp3) is 0.583. The number of ether oxygens (including phenoxy) is 1. The summed E-state index contributed by atoms with van der Waals surface area (Å²) in [6.07, 6.45) is 7.80.